The van der Waals surface area contributed by atoms with E-state index in [0.29, 0.717) is 18.8 Å². The number of H-pyrrole nitrogens is 1. The van der Waals surface area contributed by atoms with Gasteiger partial charge in [-0.25, -0.2) is 4.79 Å². The van der Waals surface area contributed by atoms with Gasteiger partial charge in [-0.15, -0.1) is 0 Å². The number of hydrogen-bond donors (Lipinski definition) is 1. The molecule has 0 spiro atoms. The van der Waals surface area contributed by atoms with Crippen LogP contribution in [0.15, 0.2) is 18.3 Å². The van der Waals surface area contributed by atoms with E-state index in [-0.39, 0.29) is 11.4 Å². The molecular weight excluding hydrogens is 350 g/mol. The maximum atomic E-state index is 12.9. The van der Waals surface area contributed by atoms with E-state index >= 15 is 0 Å². The average molecular weight is 384 g/mol. The summed E-state index contributed by atoms with van der Waals surface area (Å²) in [4.78, 5) is 16.1. The van der Waals surface area contributed by atoms with Crippen LogP contribution < -0.4 is 4.74 Å². The van der Waals surface area contributed by atoms with Crippen molar-refractivity contribution < 1.29 is 14.3 Å². The minimum Gasteiger partial charge on any atom is -0.493 e. The molecule has 3 aliphatic rings. The first-order chi connectivity index (χ1) is 13.6. The number of esters is 1. The molecule has 3 fully saturated rings. The largest absolute Gasteiger partial charge is 0.493 e. The zero-order valence-electron chi connectivity index (χ0n) is 17.3. The second kappa shape index (κ2) is 8.18. The molecule has 3 aliphatic carbocycles. The first kappa shape index (κ1) is 19.4. The van der Waals surface area contributed by atoms with Gasteiger partial charge in [0.05, 0.1) is 18.8 Å². The second-order valence-corrected chi connectivity index (χ2v) is 8.93. The summed E-state index contributed by atoms with van der Waals surface area (Å²) < 4.78 is 11.8. The first-order valence-corrected chi connectivity index (χ1v) is 11.0. The Morgan fingerprint density at radius 2 is 1.93 bits per heavy atom. The predicted molar refractivity (Wildman–Crippen MR) is 112 cm³/mol. The van der Waals surface area contributed by atoms with Crippen molar-refractivity contribution in [1.82, 2.24) is 4.98 Å². The van der Waals surface area contributed by atoms with Crippen LogP contribution >= 0.6 is 0 Å². The summed E-state index contributed by atoms with van der Waals surface area (Å²) in [7, 11) is 0. The van der Waals surface area contributed by atoms with Gasteiger partial charge in [0.25, 0.3) is 0 Å². The van der Waals surface area contributed by atoms with Crippen molar-refractivity contribution >= 4 is 16.9 Å². The molecule has 0 amide bonds. The van der Waals surface area contributed by atoms with Crippen LogP contribution in [0.4, 0.5) is 0 Å². The van der Waals surface area contributed by atoms with Gasteiger partial charge in [0.15, 0.2) is 0 Å². The van der Waals surface area contributed by atoms with E-state index in [0.717, 1.165) is 34.6 Å². The molecule has 28 heavy (non-hydrogen) atoms. The van der Waals surface area contributed by atoms with E-state index in [4.69, 9.17) is 9.47 Å². The normalized spacial score (nSPS) is 23.9. The SMILES string of the molecule is CCCCCOc1ccc2[nH]cc(C(=O)OCC34CCC(CC3)CC4)c2c1C. The van der Waals surface area contributed by atoms with Gasteiger partial charge in [0.2, 0.25) is 0 Å². The molecule has 2 aromatic rings. The van der Waals surface area contributed by atoms with Crippen molar-refractivity contribution in [2.45, 2.75) is 71.6 Å². The van der Waals surface area contributed by atoms with E-state index in [1.54, 1.807) is 6.20 Å². The molecule has 3 saturated carbocycles. The maximum absolute atomic E-state index is 12.9. The molecule has 4 nitrogen and oxygen atoms in total. The fraction of sp³-hybridized carbons (Fsp3) is 0.625. The third-order valence-electron chi connectivity index (χ3n) is 7.04. The van der Waals surface area contributed by atoms with Gasteiger partial charge in [-0.05, 0) is 69.9 Å². The summed E-state index contributed by atoms with van der Waals surface area (Å²) >= 11 is 0. The minimum atomic E-state index is -0.209. The number of carbonyl (C=O) groups is 1. The third-order valence-corrected chi connectivity index (χ3v) is 7.04. The molecule has 4 heteroatoms. The lowest BCUT2D eigenvalue weighted by molar-refractivity contribution is -0.0144. The number of unbranched alkanes of at least 4 members (excludes halogenated alkanes) is 2. The Labute approximate surface area is 168 Å². The zero-order chi connectivity index (χ0) is 19.6. The second-order valence-electron chi connectivity index (χ2n) is 8.93. The van der Waals surface area contributed by atoms with Gasteiger partial charge in [-0.1, -0.05) is 19.8 Å². The van der Waals surface area contributed by atoms with E-state index in [1.165, 1.54) is 51.4 Å². The number of aromatic nitrogens is 1. The van der Waals surface area contributed by atoms with Gasteiger partial charge in [0, 0.05) is 28.1 Å². The topological polar surface area (TPSA) is 51.3 Å². The predicted octanol–water partition coefficient (Wildman–Crippen LogP) is 6.17. The number of hydrogen-bond acceptors (Lipinski definition) is 3. The number of ether oxygens (including phenoxy) is 2. The molecular formula is C24H33NO3. The van der Waals surface area contributed by atoms with E-state index in [9.17, 15) is 4.79 Å². The Balaban J connectivity index is 1.47. The number of benzene rings is 1. The van der Waals surface area contributed by atoms with Crippen LogP contribution in [-0.4, -0.2) is 24.2 Å². The summed E-state index contributed by atoms with van der Waals surface area (Å²) in [5.41, 5.74) is 2.84. The van der Waals surface area contributed by atoms with E-state index in [1.807, 2.05) is 19.1 Å². The molecule has 1 heterocycles. The zero-order valence-corrected chi connectivity index (χ0v) is 17.3. The molecule has 1 N–H and O–H groups in total. The van der Waals surface area contributed by atoms with Gasteiger partial charge in [0.1, 0.15) is 5.75 Å². The standard InChI is InChI=1S/C24H33NO3/c1-3-4-5-14-27-21-7-6-20-22(17(21)2)19(15-25-20)23(26)28-16-24-11-8-18(9-12-24)10-13-24/h6-7,15,18,25H,3-5,8-14,16H2,1-2H3. The van der Waals surface area contributed by atoms with Crippen molar-refractivity contribution in [2.75, 3.05) is 13.2 Å². The lowest BCUT2D eigenvalue weighted by Gasteiger charge is -2.45. The lowest BCUT2D eigenvalue weighted by atomic mass is 9.61. The van der Waals surface area contributed by atoms with Gasteiger partial charge < -0.3 is 14.5 Å². The molecule has 0 aliphatic heterocycles. The van der Waals surface area contributed by atoms with Crippen molar-refractivity contribution in [2.24, 2.45) is 11.3 Å². The minimum absolute atomic E-state index is 0.209. The molecule has 1 aromatic heterocycles. The van der Waals surface area contributed by atoms with Crippen LogP contribution in [0.25, 0.3) is 10.9 Å². The maximum Gasteiger partial charge on any atom is 0.340 e. The Morgan fingerprint density at radius 1 is 1.18 bits per heavy atom. The van der Waals surface area contributed by atoms with Gasteiger partial charge in [-0.2, -0.15) is 0 Å². The fourth-order valence-electron chi connectivity index (χ4n) is 5.09. The first-order valence-electron chi connectivity index (χ1n) is 11.0. The van der Waals surface area contributed by atoms with Crippen LogP contribution in [0.5, 0.6) is 5.75 Å². The van der Waals surface area contributed by atoms with Crippen LogP contribution in [-0.2, 0) is 4.74 Å². The van der Waals surface area contributed by atoms with Crippen LogP contribution in [0.1, 0.15) is 80.6 Å². The Kier molecular flexibility index (Phi) is 5.65. The lowest BCUT2D eigenvalue weighted by Crippen LogP contribution is -2.38. The molecule has 5 rings (SSSR count). The van der Waals surface area contributed by atoms with Gasteiger partial charge >= 0.3 is 5.97 Å². The van der Waals surface area contributed by atoms with Crippen LogP contribution in [0.3, 0.4) is 0 Å². The highest BCUT2D eigenvalue weighted by molar-refractivity contribution is 6.06. The summed E-state index contributed by atoms with van der Waals surface area (Å²) in [5, 5.41) is 0.933. The smallest absolute Gasteiger partial charge is 0.340 e. The molecule has 0 radical (unpaired) electrons. The van der Waals surface area contributed by atoms with Crippen LogP contribution in [0, 0.1) is 18.3 Å². The number of nitrogens with one attached hydrogen (secondary N) is 1. The average Bonchev–Trinajstić information content (AvgIpc) is 3.17. The van der Waals surface area contributed by atoms with Crippen LogP contribution in [0.2, 0.25) is 0 Å². The molecule has 152 valence electrons. The highest BCUT2D eigenvalue weighted by Gasteiger charge is 2.41. The van der Waals surface area contributed by atoms with E-state index in [2.05, 4.69) is 11.9 Å². The summed E-state index contributed by atoms with van der Waals surface area (Å²) in [5.74, 6) is 1.57. The summed E-state index contributed by atoms with van der Waals surface area (Å²) in [6.45, 7) is 5.50. The van der Waals surface area contributed by atoms with Crippen molar-refractivity contribution in [1.29, 1.82) is 0 Å². The summed E-state index contributed by atoms with van der Waals surface area (Å²) in [6, 6.07) is 3.99. The highest BCUT2D eigenvalue weighted by atomic mass is 16.5. The number of aromatic amines is 1. The quantitative estimate of drug-likeness (QED) is 0.438. The highest BCUT2D eigenvalue weighted by Crippen LogP contribution is 2.50. The van der Waals surface area contributed by atoms with Crippen molar-refractivity contribution in [3.63, 3.8) is 0 Å². The molecule has 2 bridgehead atoms. The number of fused-ring (bicyclic) bond motifs is 4. The monoisotopic (exact) mass is 383 g/mol. The molecule has 1 aromatic carbocycles. The molecule has 0 unspecified atom stereocenters. The number of aryl methyl sites for hydroxylation is 1. The van der Waals surface area contributed by atoms with Gasteiger partial charge in [-0.3, -0.25) is 0 Å². The fourth-order valence-corrected chi connectivity index (χ4v) is 5.09. The molecule has 0 atom stereocenters. The van der Waals surface area contributed by atoms with E-state index < -0.39 is 0 Å². The number of carbonyl (C=O) groups excluding carboxylic acids is 1. The Bertz CT molecular complexity index is 816. The number of rotatable bonds is 8. The Hall–Kier alpha value is -1.97. The van der Waals surface area contributed by atoms with Crippen molar-refractivity contribution in [3.05, 3.63) is 29.5 Å². The van der Waals surface area contributed by atoms with Crippen molar-refractivity contribution in [3.8, 4) is 5.75 Å². The summed E-state index contributed by atoms with van der Waals surface area (Å²) in [6.07, 6.45) is 12.8. The third kappa shape index (κ3) is 3.78. The molecule has 0 saturated heterocycles. The Morgan fingerprint density at radius 3 is 2.64 bits per heavy atom.